The number of rotatable bonds is 8. The van der Waals surface area contributed by atoms with E-state index in [2.05, 4.69) is 10.6 Å². The molecule has 1 atom stereocenters. The second kappa shape index (κ2) is 11.3. The van der Waals surface area contributed by atoms with Gasteiger partial charge in [0.15, 0.2) is 11.5 Å². The number of nitrogens with one attached hydrogen (secondary N) is 2. The summed E-state index contributed by atoms with van der Waals surface area (Å²) in [5.41, 5.74) is 0.201. The molecule has 188 valence electrons. The third-order valence-corrected chi connectivity index (χ3v) is 5.81. The van der Waals surface area contributed by atoms with E-state index in [1.54, 1.807) is 18.2 Å². The number of nitrogens with zero attached hydrogens (tertiary/aromatic N) is 1. The molecule has 1 aliphatic rings. The Labute approximate surface area is 205 Å². The number of anilines is 2. The van der Waals surface area contributed by atoms with Crippen LogP contribution in [0.25, 0.3) is 0 Å². The third kappa shape index (κ3) is 8.06. The van der Waals surface area contributed by atoms with Crippen molar-refractivity contribution in [2.24, 2.45) is 0 Å². The molecule has 2 aromatic rings. The SMILES string of the molecule is CC(C)(C)NC(=O)CN(C(=O)C[S@@](=O)CC(=O)Nc1ccc(F)cc1)c1ccc2c(c1)OCCO2. The Balaban J connectivity index is 1.70. The van der Waals surface area contributed by atoms with Gasteiger partial charge in [-0.25, -0.2) is 4.39 Å². The first-order valence-electron chi connectivity index (χ1n) is 10.9. The fraction of sp³-hybridized carbons (Fsp3) is 0.375. The van der Waals surface area contributed by atoms with Crippen molar-refractivity contribution >= 4 is 39.9 Å². The first-order chi connectivity index (χ1) is 16.5. The van der Waals surface area contributed by atoms with E-state index in [0.717, 1.165) is 0 Å². The highest BCUT2D eigenvalue weighted by Gasteiger charge is 2.25. The molecule has 0 fully saturated rings. The van der Waals surface area contributed by atoms with Gasteiger partial charge in [-0.3, -0.25) is 18.6 Å². The molecule has 3 rings (SSSR count). The molecule has 1 heterocycles. The van der Waals surface area contributed by atoms with E-state index in [-0.39, 0.29) is 6.54 Å². The van der Waals surface area contributed by atoms with Gasteiger partial charge in [0.25, 0.3) is 0 Å². The van der Waals surface area contributed by atoms with E-state index in [0.29, 0.717) is 36.1 Å². The lowest BCUT2D eigenvalue weighted by Gasteiger charge is -2.27. The van der Waals surface area contributed by atoms with Crippen molar-refractivity contribution in [2.75, 3.05) is 41.5 Å². The van der Waals surface area contributed by atoms with Crippen LogP contribution >= 0.6 is 0 Å². The molecule has 0 bridgehead atoms. The van der Waals surface area contributed by atoms with Crippen LogP contribution in [-0.2, 0) is 25.2 Å². The topological polar surface area (TPSA) is 114 Å². The molecular weight excluding hydrogens is 477 g/mol. The zero-order valence-electron chi connectivity index (χ0n) is 19.8. The molecule has 35 heavy (non-hydrogen) atoms. The van der Waals surface area contributed by atoms with Crippen LogP contribution < -0.4 is 25.0 Å². The maximum atomic E-state index is 13.1. The van der Waals surface area contributed by atoms with Gasteiger partial charge in [0.05, 0.1) is 0 Å². The van der Waals surface area contributed by atoms with Crippen molar-refractivity contribution in [1.82, 2.24) is 5.32 Å². The largest absolute Gasteiger partial charge is 0.486 e. The minimum atomic E-state index is -1.85. The van der Waals surface area contributed by atoms with E-state index in [4.69, 9.17) is 9.47 Å². The summed E-state index contributed by atoms with van der Waals surface area (Å²) in [6.07, 6.45) is 0. The quantitative estimate of drug-likeness (QED) is 0.569. The third-order valence-electron chi connectivity index (χ3n) is 4.66. The number of halogens is 1. The van der Waals surface area contributed by atoms with Gasteiger partial charge in [0.1, 0.15) is 37.1 Å². The summed E-state index contributed by atoms with van der Waals surface area (Å²) < 4.78 is 36.7. The summed E-state index contributed by atoms with van der Waals surface area (Å²) in [5.74, 6) is -2.00. The molecule has 2 N–H and O–H groups in total. The van der Waals surface area contributed by atoms with Crippen LogP contribution in [0.5, 0.6) is 11.5 Å². The Hall–Kier alpha value is -3.47. The fourth-order valence-corrected chi connectivity index (χ4v) is 4.17. The standard InChI is InChI=1S/C24H28FN3O6S/c1-24(2,3)27-21(29)13-28(18-8-9-19-20(12-18)34-11-10-33-19)23(31)15-35(32)14-22(30)26-17-6-4-16(25)5-7-17/h4-9,12H,10-11,13-15H2,1-3H3,(H,26,30)(H,27,29)/t35-/m0/s1. The number of carbonyl (C=O) groups excluding carboxylic acids is 3. The highest BCUT2D eigenvalue weighted by molar-refractivity contribution is 7.86. The number of fused-ring (bicyclic) bond motifs is 1. The maximum absolute atomic E-state index is 13.1. The van der Waals surface area contributed by atoms with Crippen LogP contribution in [0.2, 0.25) is 0 Å². The van der Waals surface area contributed by atoms with E-state index in [1.165, 1.54) is 29.2 Å². The number of hydrogen-bond donors (Lipinski definition) is 2. The maximum Gasteiger partial charge on any atom is 0.240 e. The van der Waals surface area contributed by atoms with E-state index in [9.17, 15) is 23.0 Å². The number of carbonyl (C=O) groups is 3. The molecule has 0 saturated carbocycles. The number of benzene rings is 2. The summed E-state index contributed by atoms with van der Waals surface area (Å²) in [6, 6.07) is 9.95. The lowest BCUT2D eigenvalue weighted by molar-refractivity contribution is -0.124. The summed E-state index contributed by atoms with van der Waals surface area (Å²) >= 11 is 0. The number of ether oxygens (including phenoxy) is 2. The van der Waals surface area contributed by atoms with Crippen molar-refractivity contribution in [3.8, 4) is 11.5 Å². The highest BCUT2D eigenvalue weighted by Crippen LogP contribution is 2.34. The van der Waals surface area contributed by atoms with Gasteiger partial charge in [0.2, 0.25) is 17.7 Å². The van der Waals surface area contributed by atoms with Crippen LogP contribution in [-0.4, -0.2) is 58.7 Å². The van der Waals surface area contributed by atoms with Crippen LogP contribution in [0.15, 0.2) is 42.5 Å². The Morgan fingerprint density at radius 3 is 2.29 bits per heavy atom. The Kier molecular flexibility index (Phi) is 8.44. The summed E-state index contributed by atoms with van der Waals surface area (Å²) in [6.45, 7) is 5.89. The van der Waals surface area contributed by atoms with E-state index >= 15 is 0 Å². The summed E-state index contributed by atoms with van der Waals surface area (Å²) in [7, 11) is -1.85. The first-order valence-corrected chi connectivity index (χ1v) is 12.4. The molecule has 0 aromatic heterocycles. The van der Waals surface area contributed by atoms with Crippen molar-refractivity contribution in [1.29, 1.82) is 0 Å². The molecule has 11 heteroatoms. The molecule has 2 aromatic carbocycles. The lowest BCUT2D eigenvalue weighted by Crippen LogP contribution is -2.48. The van der Waals surface area contributed by atoms with Crippen LogP contribution in [0.3, 0.4) is 0 Å². The van der Waals surface area contributed by atoms with Crippen LogP contribution in [0, 0.1) is 5.82 Å². The molecule has 0 radical (unpaired) electrons. The summed E-state index contributed by atoms with van der Waals surface area (Å²) in [4.78, 5) is 39.1. The van der Waals surface area contributed by atoms with Gasteiger partial charge < -0.3 is 25.0 Å². The number of hydrogen-bond acceptors (Lipinski definition) is 6. The Bertz CT molecular complexity index is 1120. The second-order valence-corrected chi connectivity index (χ2v) is 10.3. The van der Waals surface area contributed by atoms with Crippen molar-refractivity contribution in [2.45, 2.75) is 26.3 Å². The number of amides is 3. The minimum Gasteiger partial charge on any atom is -0.486 e. The molecule has 0 spiro atoms. The minimum absolute atomic E-state index is 0.311. The Morgan fingerprint density at radius 2 is 1.63 bits per heavy atom. The van der Waals surface area contributed by atoms with Crippen LogP contribution in [0.1, 0.15) is 20.8 Å². The van der Waals surface area contributed by atoms with Gasteiger partial charge in [-0.15, -0.1) is 0 Å². The molecule has 0 unspecified atom stereocenters. The molecule has 9 nitrogen and oxygen atoms in total. The van der Waals surface area contributed by atoms with Crippen LogP contribution in [0.4, 0.5) is 15.8 Å². The average molecular weight is 506 g/mol. The average Bonchev–Trinajstić information content (AvgIpc) is 2.77. The zero-order valence-corrected chi connectivity index (χ0v) is 20.6. The fourth-order valence-electron chi connectivity index (χ4n) is 3.27. The van der Waals surface area contributed by atoms with Gasteiger partial charge >= 0.3 is 0 Å². The van der Waals surface area contributed by atoms with Gasteiger partial charge in [-0.05, 0) is 57.2 Å². The molecule has 0 aliphatic carbocycles. The predicted octanol–water partition coefficient (Wildman–Crippen LogP) is 2.23. The zero-order chi connectivity index (χ0) is 25.6. The first kappa shape index (κ1) is 26.1. The van der Waals surface area contributed by atoms with Gasteiger partial charge in [-0.2, -0.15) is 0 Å². The molecule has 3 amide bonds. The normalized spacial score (nSPS) is 13.5. The molecular formula is C24H28FN3O6S. The smallest absolute Gasteiger partial charge is 0.240 e. The van der Waals surface area contributed by atoms with Gasteiger partial charge in [0, 0.05) is 33.8 Å². The predicted molar refractivity (Wildman–Crippen MR) is 131 cm³/mol. The van der Waals surface area contributed by atoms with E-state index < -0.39 is 51.4 Å². The lowest BCUT2D eigenvalue weighted by atomic mass is 10.1. The van der Waals surface area contributed by atoms with Gasteiger partial charge in [-0.1, -0.05) is 0 Å². The van der Waals surface area contributed by atoms with Crippen molar-refractivity contribution in [3.63, 3.8) is 0 Å². The van der Waals surface area contributed by atoms with Crippen molar-refractivity contribution in [3.05, 3.63) is 48.3 Å². The molecule has 1 aliphatic heterocycles. The monoisotopic (exact) mass is 505 g/mol. The summed E-state index contributed by atoms with van der Waals surface area (Å²) in [5, 5.41) is 5.31. The Morgan fingerprint density at radius 1 is 0.971 bits per heavy atom. The molecule has 0 saturated heterocycles. The van der Waals surface area contributed by atoms with Crippen molar-refractivity contribution < 1.29 is 32.5 Å². The van der Waals surface area contributed by atoms with E-state index in [1.807, 2.05) is 20.8 Å². The highest BCUT2D eigenvalue weighted by atomic mass is 32.2. The second-order valence-electron chi connectivity index (χ2n) is 8.89.